The van der Waals surface area contributed by atoms with Crippen LogP contribution >= 0.6 is 0 Å². The van der Waals surface area contributed by atoms with E-state index in [9.17, 15) is 0 Å². The minimum Gasteiger partial charge on any atom is -0.236 e. The lowest BCUT2D eigenvalue weighted by atomic mass is 10.1. The summed E-state index contributed by atoms with van der Waals surface area (Å²) >= 11 is 0. The lowest BCUT2D eigenvalue weighted by Crippen LogP contribution is -2.34. The van der Waals surface area contributed by atoms with Crippen molar-refractivity contribution in [3.63, 3.8) is 0 Å². The standard InChI is InChI=1S/C14H19N2Si/c1-4-12-10-5-6-13-11(7-8-17(13)3)14(10)15-9-16(12)2/h5-6,9,17H,4,7-8H2,1-3H3/q+1. The molecular formula is C14H19N2Si+. The number of benzene rings is 1. The minimum absolute atomic E-state index is 0.638. The zero-order chi connectivity index (χ0) is 12.0. The molecule has 2 nitrogen and oxygen atoms in total. The molecule has 0 saturated carbocycles. The van der Waals surface area contributed by atoms with Gasteiger partial charge in [-0.3, -0.25) is 0 Å². The zero-order valence-corrected chi connectivity index (χ0v) is 12.0. The Bertz CT molecular complexity index is 592. The monoisotopic (exact) mass is 243 g/mol. The molecule has 1 aliphatic rings. The molecule has 17 heavy (non-hydrogen) atoms. The lowest BCUT2D eigenvalue weighted by molar-refractivity contribution is -0.680. The topological polar surface area (TPSA) is 16.8 Å². The van der Waals surface area contributed by atoms with Crippen molar-refractivity contribution < 1.29 is 4.57 Å². The second-order valence-electron chi connectivity index (χ2n) is 5.12. The number of hydrogen-bond donors (Lipinski definition) is 0. The Morgan fingerprint density at radius 2 is 2.24 bits per heavy atom. The van der Waals surface area contributed by atoms with Gasteiger partial charge >= 0.3 is 0 Å². The highest BCUT2D eigenvalue weighted by Gasteiger charge is 2.25. The third kappa shape index (κ3) is 1.52. The Hall–Kier alpha value is -1.22. The van der Waals surface area contributed by atoms with Crippen LogP contribution in [0.1, 0.15) is 18.2 Å². The third-order valence-electron chi connectivity index (χ3n) is 4.11. The van der Waals surface area contributed by atoms with Crippen molar-refractivity contribution in [1.29, 1.82) is 0 Å². The average molecular weight is 243 g/mol. The first-order valence-electron chi connectivity index (χ1n) is 6.51. The van der Waals surface area contributed by atoms with Gasteiger partial charge in [0.15, 0.2) is 5.52 Å². The number of aryl methyl sites for hydroxylation is 3. The molecule has 2 aromatic rings. The van der Waals surface area contributed by atoms with Crippen molar-refractivity contribution in [3.05, 3.63) is 29.7 Å². The van der Waals surface area contributed by atoms with Gasteiger partial charge in [-0.15, -0.1) is 0 Å². The summed E-state index contributed by atoms with van der Waals surface area (Å²) in [4.78, 5) is 4.68. The van der Waals surface area contributed by atoms with Gasteiger partial charge in [0.2, 0.25) is 0 Å². The van der Waals surface area contributed by atoms with Crippen molar-refractivity contribution in [2.24, 2.45) is 7.05 Å². The summed E-state index contributed by atoms with van der Waals surface area (Å²) in [5.41, 5.74) is 4.23. The van der Waals surface area contributed by atoms with E-state index in [4.69, 9.17) is 0 Å². The molecule has 2 heterocycles. The number of fused-ring (bicyclic) bond motifs is 3. The van der Waals surface area contributed by atoms with E-state index in [1.54, 1.807) is 10.8 Å². The first-order chi connectivity index (χ1) is 8.22. The fourth-order valence-electron chi connectivity index (χ4n) is 3.12. The summed E-state index contributed by atoms with van der Waals surface area (Å²) in [5, 5.41) is 3.01. The van der Waals surface area contributed by atoms with E-state index < -0.39 is 8.80 Å². The van der Waals surface area contributed by atoms with Crippen LogP contribution < -0.4 is 9.75 Å². The fraction of sp³-hybridized carbons (Fsp3) is 0.429. The first kappa shape index (κ1) is 10.9. The maximum atomic E-state index is 4.68. The van der Waals surface area contributed by atoms with Crippen LogP contribution in [-0.4, -0.2) is 13.8 Å². The van der Waals surface area contributed by atoms with Gasteiger partial charge in [-0.1, -0.05) is 30.8 Å². The molecule has 0 fully saturated rings. The Kier molecular flexibility index (Phi) is 2.51. The summed E-state index contributed by atoms with van der Waals surface area (Å²) in [7, 11) is 1.45. The van der Waals surface area contributed by atoms with E-state index >= 15 is 0 Å². The van der Waals surface area contributed by atoms with Crippen LogP contribution in [0.3, 0.4) is 0 Å². The van der Waals surface area contributed by atoms with Crippen LogP contribution in [0.2, 0.25) is 12.6 Å². The molecule has 0 spiro atoms. The van der Waals surface area contributed by atoms with Gasteiger partial charge in [0.1, 0.15) is 5.69 Å². The average Bonchev–Trinajstić information content (AvgIpc) is 2.71. The van der Waals surface area contributed by atoms with E-state index in [0.29, 0.717) is 0 Å². The summed E-state index contributed by atoms with van der Waals surface area (Å²) in [6.07, 6.45) is 4.30. The number of hydrogen-bond acceptors (Lipinski definition) is 1. The van der Waals surface area contributed by atoms with Crippen molar-refractivity contribution in [2.75, 3.05) is 0 Å². The molecule has 1 aliphatic heterocycles. The Labute approximate surface area is 104 Å². The molecule has 3 rings (SSSR count). The van der Waals surface area contributed by atoms with Gasteiger partial charge in [-0.25, -0.2) is 4.57 Å². The SMILES string of the molecule is CCc1c2ccc3c(c2nc[n+]1C)CC[SiH]3C. The van der Waals surface area contributed by atoms with Crippen LogP contribution in [0.4, 0.5) is 0 Å². The predicted octanol–water partition coefficient (Wildman–Crippen LogP) is 1.24. The van der Waals surface area contributed by atoms with Crippen LogP contribution in [0, 0.1) is 0 Å². The molecule has 1 atom stereocenters. The van der Waals surface area contributed by atoms with Gasteiger partial charge < -0.3 is 0 Å². The van der Waals surface area contributed by atoms with Gasteiger partial charge in [0.05, 0.1) is 21.2 Å². The molecule has 88 valence electrons. The second-order valence-corrected chi connectivity index (χ2v) is 8.13. The highest BCUT2D eigenvalue weighted by Crippen LogP contribution is 2.23. The van der Waals surface area contributed by atoms with Crippen LogP contribution in [-0.2, 0) is 19.9 Å². The second kappa shape index (κ2) is 3.91. The van der Waals surface area contributed by atoms with E-state index in [2.05, 4.69) is 42.2 Å². The predicted molar refractivity (Wildman–Crippen MR) is 73.5 cm³/mol. The Morgan fingerprint density at radius 3 is 3.00 bits per heavy atom. The molecule has 3 heteroatoms. The molecule has 0 aliphatic carbocycles. The molecule has 1 aromatic carbocycles. The molecule has 0 bridgehead atoms. The Balaban J connectivity index is 2.36. The number of aromatic nitrogens is 2. The van der Waals surface area contributed by atoms with Gasteiger partial charge in [0, 0.05) is 12.0 Å². The highest BCUT2D eigenvalue weighted by atomic mass is 28.3. The van der Waals surface area contributed by atoms with E-state index in [1.807, 2.05) is 6.33 Å². The molecular weight excluding hydrogens is 224 g/mol. The summed E-state index contributed by atoms with van der Waals surface area (Å²) in [6.45, 7) is 4.68. The summed E-state index contributed by atoms with van der Waals surface area (Å²) in [6, 6.07) is 6.09. The number of rotatable bonds is 1. The first-order valence-corrected chi connectivity index (χ1v) is 9.06. The molecule has 1 aromatic heterocycles. The maximum Gasteiger partial charge on any atom is 0.286 e. The largest absolute Gasteiger partial charge is 0.286 e. The maximum absolute atomic E-state index is 4.68. The van der Waals surface area contributed by atoms with E-state index in [1.165, 1.54) is 29.1 Å². The quantitative estimate of drug-likeness (QED) is 0.544. The number of nitrogens with zero attached hydrogens (tertiary/aromatic N) is 2. The van der Waals surface area contributed by atoms with Crippen molar-refractivity contribution in [1.82, 2.24) is 4.98 Å². The molecule has 0 radical (unpaired) electrons. The highest BCUT2D eigenvalue weighted by molar-refractivity contribution is 6.74. The van der Waals surface area contributed by atoms with Gasteiger partial charge in [0.25, 0.3) is 6.33 Å². The van der Waals surface area contributed by atoms with E-state index in [0.717, 1.165) is 6.42 Å². The van der Waals surface area contributed by atoms with E-state index in [-0.39, 0.29) is 0 Å². The smallest absolute Gasteiger partial charge is 0.236 e. The zero-order valence-electron chi connectivity index (χ0n) is 10.8. The summed E-state index contributed by atoms with van der Waals surface area (Å²) in [5.74, 6) is 0. The van der Waals surface area contributed by atoms with Crippen LogP contribution in [0.5, 0.6) is 0 Å². The lowest BCUT2D eigenvalue weighted by Gasteiger charge is -2.07. The van der Waals surface area contributed by atoms with Crippen LogP contribution in [0.25, 0.3) is 10.9 Å². The normalized spacial score (nSPS) is 18.6. The molecule has 0 saturated heterocycles. The van der Waals surface area contributed by atoms with Crippen LogP contribution in [0.15, 0.2) is 18.5 Å². The molecule has 1 unspecified atom stereocenters. The van der Waals surface area contributed by atoms with Gasteiger partial charge in [-0.05, 0) is 17.5 Å². The molecule has 0 amide bonds. The van der Waals surface area contributed by atoms with Crippen molar-refractivity contribution in [3.8, 4) is 0 Å². The van der Waals surface area contributed by atoms with Gasteiger partial charge in [-0.2, -0.15) is 0 Å². The van der Waals surface area contributed by atoms with Crippen molar-refractivity contribution >= 4 is 24.9 Å². The Morgan fingerprint density at radius 1 is 1.41 bits per heavy atom. The third-order valence-corrected chi connectivity index (χ3v) is 6.87. The van der Waals surface area contributed by atoms with Crippen molar-refractivity contribution in [2.45, 2.75) is 32.4 Å². The molecule has 0 N–H and O–H groups in total. The fourth-order valence-corrected chi connectivity index (χ4v) is 5.45. The summed E-state index contributed by atoms with van der Waals surface area (Å²) < 4.78 is 2.16. The minimum atomic E-state index is -0.638.